The Balaban J connectivity index is 5.46. The second kappa shape index (κ2) is 17.5. The third kappa shape index (κ3) is 14.2. The van der Waals surface area contributed by atoms with Gasteiger partial charge in [-0.3, -0.25) is 24.0 Å². The second-order valence-electron chi connectivity index (χ2n) is 11.8. The molecule has 0 saturated carbocycles. The van der Waals surface area contributed by atoms with Crippen molar-refractivity contribution in [1.29, 1.82) is 0 Å². The van der Waals surface area contributed by atoms with Crippen molar-refractivity contribution in [1.82, 2.24) is 26.6 Å². The molecule has 0 spiro atoms. The first-order chi connectivity index (χ1) is 18.3. The molecule has 0 aromatic heterocycles. The van der Waals surface area contributed by atoms with Crippen molar-refractivity contribution in [2.75, 3.05) is 0 Å². The van der Waals surface area contributed by atoms with Gasteiger partial charge in [-0.15, -0.1) is 0 Å². The van der Waals surface area contributed by atoms with Crippen LogP contribution < -0.4 is 32.3 Å². The van der Waals surface area contributed by atoms with Gasteiger partial charge in [0.2, 0.25) is 23.6 Å². The van der Waals surface area contributed by atoms with Crippen molar-refractivity contribution in [3.05, 3.63) is 0 Å². The zero-order valence-corrected chi connectivity index (χ0v) is 25.4. The molecule has 0 bridgehead atoms. The van der Waals surface area contributed by atoms with Gasteiger partial charge < -0.3 is 37.4 Å². The highest BCUT2D eigenvalue weighted by Crippen LogP contribution is 2.10. The largest absolute Gasteiger partial charge is 0.480 e. The van der Waals surface area contributed by atoms with Crippen LogP contribution in [-0.4, -0.2) is 76.9 Å². The Kier molecular flexibility index (Phi) is 16.1. The lowest BCUT2D eigenvalue weighted by Crippen LogP contribution is -2.67. The lowest BCUT2D eigenvalue weighted by atomic mass is 10.00. The van der Waals surface area contributed by atoms with Crippen molar-refractivity contribution in [3.8, 4) is 0 Å². The molecule has 0 heterocycles. The molecule has 0 aromatic rings. The predicted octanol–water partition coefficient (Wildman–Crippen LogP) is -0.696. The van der Waals surface area contributed by atoms with Crippen molar-refractivity contribution in [3.63, 3.8) is 0 Å². The minimum Gasteiger partial charge on any atom is -0.480 e. The molecule has 6 atom stereocenters. The Hall–Kier alpha value is -3.22. The first-order valence-electron chi connectivity index (χ1n) is 13.9. The number of carbonyl (C=O) groups is 6. The van der Waals surface area contributed by atoms with Gasteiger partial charge in [0.05, 0.1) is 0 Å². The quantitative estimate of drug-likeness (QED) is 0.119. The minimum absolute atomic E-state index is 0.00826. The maximum atomic E-state index is 13.1. The lowest BCUT2D eigenvalue weighted by Gasteiger charge is -2.26. The Labute approximate surface area is 237 Å². The molecule has 13 nitrogen and oxygen atoms in total. The standard InChI is InChI=1S/C27H50N6O7/c1-13(2)10-19(31-23(35)17(8)29-22(34)16(7)28)25(37)30-18(9)24(36)32-20(11-14(3)4)26(38)33-21(27(39)40)12-15(5)6/h13-21H,10-12,28H2,1-9H3,(H,29,34)(H,30,37)(H,31,35)(H,32,36)(H,33,38)(H,39,40)/p+1/t16-,17-,18-,19-,20-,21-/m0/s1. The van der Waals surface area contributed by atoms with Crippen LogP contribution in [0.15, 0.2) is 0 Å². The number of carbonyl (C=O) groups excluding carboxylic acids is 5. The number of nitrogens with one attached hydrogen (secondary N) is 5. The van der Waals surface area contributed by atoms with Crippen LogP contribution in [0.4, 0.5) is 0 Å². The molecule has 40 heavy (non-hydrogen) atoms. The normalized spacial score (nSPS) is 15.8. The van der Waals surface area contributed by atoms with E-state index in [0.29, 0.717) is 0 Å². The molecule has 0 aliphatic rings. The highest BCUT2D eigenvalue weighted by Gasteiger charge is 2.31. The van der Waals surface area contributed by atoms with Gasteiger partial charge >= 0.3 is 5.97 Å². The first-order valence-corrected chi connectivity index (χ1v) is 13.9. The molecular formula is C27H51N6O7+. The van der Waals surface area contributed by atoms with Crippen LogP contribution in [-0.2, 0) is 28.8 Å². The number of quaternary nitrogens is 1. The fourth-order valence-electron chi connectivity index (χ4n) is 3.77. The molecule has 0 aliphatic carbocycles. The maximum absolute atomic E-state index is 13.1. The highest BCUT2D eigenvalue weighted by molar-refractivity contribution is 5.96. The fourth-order valence-corrected chi connectivity index (χ4v) is 3.77. The summed E-state index contributed by atoms with van der Waals surface area (Å²) >= 11 is 0. The van der Waals surface area contributed by atoms with E-state index >= 15 is 0 Å². The zero-order chi connectivity index (χ0) is 31.3. The molecule has 0 rings (SSSR count). The van der Waals surface area contributed by atoms with Crippen LogP contribution >= 0.6 is 0 Å². The van der Waals surface area contributed by atoms with Gasteiger partial charge in [-0.05, 0) is 57.8 Å². The van der Waals surface area contributed by atoms with E-state index in [2.05, 4.69) is 32.3 Å². The number of carboxylic acid groups (broad SMARTS) is 1. The molecule has 0 saturated heterocycles. The third-order valence-corrected chi connectivity index (χ3v) is 5.95. The number of hydrogen-bond donors (Lipinski definition) is 7. The summed E-state index contributed by atoms with van der Waals surface area (Å²) in [5, 5.41) is 22.4. The number of rotatable bonds is 17. The van der Waals surface area contributed by atoms with E-state index in [1.165, 1.54) is 13.8 Å². The average Bonchev–Trinajstić information content (AvgIpc) is 2.81. The summed E-state index contributed by atoms with van der Waals surface area (Å²) in [5.74, 6) is -3.92. The summed E-state index contributed by atoms with van der Waals surface area (Å²) in [6.45, 7) is 15.7. The summed E-state index contributed by atoms with van der Waals surface area (Å²) in [4.78, 5) is 75.1. The van der Waals surface area contributed by atoms with Crippen molar-refractivity contribution < 1.29 is 39.6 Å². The van der Waals surface area contributed by atoms with Crippen LogP contribution in [0.2, 0.25) is 0 Å². The van der Waals surface area contributed by atoms with Gasteiger partial charge in [0, 0.05) is 0 Å². The van der Waals surface area contributed by atoms with Gasteiger partial charge in [0.15, 0.2) is 6.04 Å². The second-order valence-corrected chi connectivity index (χ2v) is 11.8. The molecule has 0 aliphatic heterocycles. The maximum Gasteiger partial charge on any atom is 0.326 e. The molecule has 0 aromatic carbocycles. The molecule has 5 amide bonds. The molecule has 0 unspecified atom stereocenters. The molecular weight excluding hydrogens is 520 g/mol. The smallest absolute Gasteiger partial charge is 0.326 e. The van der Waals surface area contributed by atoms with Crippen molar-refractivity contribution in [2.24, 2.45) is 17.8 Å². The molecule has 230 valence electrons. The number of hydrogen-bond acceptors (Lipinski definition) is 6. The lowest BCUT2D eigenvalue weighted by molar-refractivity contribution is -0.398. The monoisotopic (exact) mass is 571 g/mol. The average molecular weight is 572 g/mol. The first kappa shape index (κ1) is 36.8. The van der Waals surface area contributed by atoms with E-state index in [0.717, 1.165) is 0 Å². The van der Waals surface area contributed by atoms with Crippen LogP contribution in [0.5, 0.6) is 0 Å². The number of aliphatic carboxylic acids is 1. The molecule has 13 heteroatoms. The Morgan fingerprint density at radius 2 is 0.800 bits per heavy atom. The van der Waals surface area contributed by atoms with E-state index in [9.17, 15) is 33.9 Å². The van der Waals surface area contributed by atoms with Crippen LogP contribution in [0.25, 0.3) is 0 Å². The minimum atomic E-state index is -1.16. The SMILES string of the molecule is CC(C)C[C@H](NC(=O)[C@H](CC(C)C)NC(=O)[C@H](C)NC(=O)[C@H](CC(C)C)NC(=O)[C@H](C)NC(=O)[C@H](C)[NH3+])C(=O)O. The fraction of sp³-hybridized carbons (Fsp3) is 0.778. The third-order valence-electron chi connectivity index (χ3n) is 5.95. The van der Waals surface area contributed by atoms with Crippen LogP contribution in [0, 0.1) is 17.8 Å². The summed E-state index contributed by atoms with van der Waals surface area (Å²) < 4.78 is 0. The summed E-state index contributed by atoms with van der Waals surface area (Å²) in [6, 6.07) is -5.60. The predicted molar refractivity (Wildman–Crippen MR) is 149 cm³/mol. The van der Waals surface area contributed by atoms with Gasteiger partial charge in [0.25, 0.3) is 5.91 Å². The van der Waals surface area contributed by atoms with Crippen molar-refractivity contribution >= 4 is 35.5 Å². The summed E-state index contributed by atoms with van der Waals surface area (Å²) in [6.07, 6.45) is 0.770. The van der Waals surface area contributed by atoms with Gasteiger partial charge in [0.1, 0.15) is 30.2 Å². The summed E-state index contributed by atoms with van der Waals surface area (Å²) in [7, 11) is 0. The molecule has 0 radical (unpaired) electrons. The van der Waals surface area contributed by atoms with E-state index in [1.807, 2.05) is 41.5 Å². The zero-order valence-electron chi connectivity index (χ0n) is 25.4. The number of amides is 5. The van der Waals surface area contributed by atoms with Crippen molar-refractivity contribution in [2.45, 2.75) is 118 Å². The van der Waals surface area contributed by atoms with Gasteiger partial charge in [-0.2, -0.15) is 0 Å². The topological polar surface area (TPSA) is 210 Å². The van der Waals surface area contributed by atoms with Crippen LogP contribution in [0.3, 0.4) is 0 Å². The highest BCUT2D eigenvalue weighted by atomic mass is 16.4. The molecule has 9 N–H and O–H groups in total. The summed E-state index contributed by atoms with van der Waals surface area (Å²) in [5.41, 5.74) is 3.61. The van der Waals surface area contributed by atoms with E-state index in [-0.39, 0.29) is 37.0 Å². The Bertz CT molecular complexity index is 891. The Morgan fingerprint density at radius 1 is 0.500 bits per heavy atom. The Morgan fingerprint density at radius 3 is 1.12 bits per heavy atom. The van der Waals surface area contributed by atoms with E-state index in [1.54, 1.807) is 6.92 Å². The van der Waals surface area contributed by atoms with E-state index in [4.69, 9.17) is 0 Å². The van der Waals surface area contributed by atoms with Gasteiger partial charge in [-0.1, -0.05) is 41.5 Å². The van der Waals surface area contributed by atoms with E-state index < -0.39 is 71.8 Å². The van der Waals surface area contributed by atoms with Crippen LogP contribution in [0.1, 0.15) is 81.6 Å². The van der Waals surface area contributed by atoms with Gasteiger partial charge in [-0.25, -0.2) is 4.79 Å². The molecule has 0 fully saturated rings. The number of carboxylic acids is 1.